The summed E-state index contributed by atoms with van der Waals surface area (Å²) in [4.78, 5) is 8.77. The molecule has 1 aromatic heterocycles. The van der Waals surface area contributed by atoms with E-state index in [1.54, 1.807) is 6.07 Å². The van der Waals surface area contributed by atoms with Crippen LogP contribution in [-0.4, -0.2) is 27.7 Å². The molecule has 0 amide bonds. The maximum Gasteiger partial charge on any atom is 0.145 e. The van der Waals surface area contributed by atoms with E-state index in [2.05, 4.69) is 20.7 Å². The Labute approximate surface area is 101 Å². The molecule has 0 spiro atoms. The standard InChI is InChI=1S/C11H19N5O/c1-2-8(6-17)13-9-5-10(16-12)15-11(14-9)7-3-4-7/h5,7-8,17H,2-4,6,12H2,1H3,(H2,13,14,15,16). The Kier molecular flexibility index (Phi) is 3.75. The van der Waals surface area contributed by atoms with Crippen LogP contribution >= 0.6 is 0 Å². The smallest absolute Gasteiger partial charge is 0.145 e. The Balaban J connectivity index is 2.16. The Bertz CT molecular complexity index is 376. The molecule has 1 atom stereocenters. The van der Waals surface area contributed by atoms with Gasteiger partial charge in [0.1, 0.15) is 17.5 Å². The first kappa shape index (κ1) is 12.1. The Hall–Kier alpha value is -1.40. The summed E-state index contributed by atoms with van der Waals surface area (Å²) in [5, 5.41) is 12.3. The summed E-state index contributed by atoms with van der Waals surface area (Å²) in [7, 11) is 0. The zero-order valence-corrected chi connectivity index (χ0v) is 9.98. The van der Waals surface area contributed by atoms with Gasteiger partial charge in [0.05, 0.1) is 12.6 Å². The normalized spacial score (nSPS) is 16.6. The van der Waals surface area contributed by atoms with Gasteiger partial charge in [-0.2, -0.15) is 0 Å². The number of aliphatic hydroxyl groups is 1. The van der Waals surface area contributed by atoms with Crippen LogP contribution in [0.2, 0.25) is 0 Å². The quantitative estimate of drug-likeness (QED) is 0.432. The fourth-order valence-electron chi connectivity index (χ4n) is 1.62. The van der Waals surface area contributed by atoms with Gasteiger partial charge in [-0.1, -0.05) is 6.92 Å². The van der Waals surface area contributed by atoms with Crippen molar-refractivity contribution in [2.24, 2.45) is 5.84 Å². The minimum Gasteiger partial charge on any atom is -0.394 e. The van der Waals surface area contributed by atoms with Gasteiger partial charge in [0.25, 0.3) is 0 Å². The van der Waals surface area contributed by atoms with Crippen molar-refractivity contribution in [1.82, 2.24) is 9.97 Å². The topological polar surface area (TPSA) is 96.1 Å². The summed E-state index contributed by atoms with van der Waals surface area (Å²) >= 11 is 0. The zero-order valence-electron chi connectivity index (χ0n) is 9.98. The third-order valence-corrected chi connectivity index (χ3v) is 2.90. The van der Waals surface area contributed by atoms with Crippen LogP contribution in [0.15, 0.2) is 6.07 Å². The van der Waals surface area contributed by atoms with Gasteiger partial charge in [0.15, 0.2) is 0 Å². The lowest BCUT2D eigenvalue weighted by molar-refractivity contribution is 0.271. The molecule has 6 nitrogen and oxygen atoms in total. The highest BCUT2D eigenvalue weighted by Crippen LogP contribution is 2.38. The Morgan fingerprint density at radius 3 is 2.71 bits per heavy atom. The minimum atomic E-state index is 0.0163. The molecule has 1 heterocycles. The minimum absolute atomic E-state index is 0.0163. The van der Waals surface area contributed by atoms with E-state index in [9.17, 15) is 0 Å². The van der Waals surface area contributed by atoms with Crippen LogP contribution in [0.4, 0.5) is 11.6 Å². The SMILES string of the molecule is CCC(CO)Nc1cc(NN)nc(C2CC2)n1. The predicted molar refractivity (Wildman–Crippen MR) is 66.6 cm³/mol. The first-order valence-electron chi connectivity index (χ1n) is 5.99. The molecule has 0 bridgehead atoms. The molecule has 1 unspecified atom stereocenters. The lowest BCUT2D eigenvalue weighted by Crippen LogP contribution is -2.24. The summed E-state index contributed by atoms with van der Waals surface area (Å²) in [6.45, 7) is 2.10. The molecule has 2 rings (SSSR count). The van der Waals surface area contributed by atoms with Crippen LogP contribution in [-0.2, 0) is 0 Å². The summed E-state index contributed by atoms with van der Waals surface area (Å²) in [5.41, 5.74) is 2.55. The van der Waals surface area contributed by atoms with E-state index in [1.807, 2.05) is 6.92 Å². The van der Waals surface area contributed by atoms with Gasteiger partial charge in [0, 0.05) is 12.0 Å². The second-order valence-electron chi connectivity index (χ2n) is 4.35. The maximum atomic E-state index is 9.16. The molecule has 5 N–H and O–H groups in total. The number of anilines is 2. The molecule has 0 aliphatic heterocycles. The highest BCUT2D eigenvalue weighted by Gasteiger charge is 2.27. The van der Waals surface area contributed by atoms with Crippen LogP contribution < -0.4 is 16.6 Å². The van der Waals surface area contributed by atoms with Gasteiger partial charge in [-0.3, -0.25) is 0 Å². The molecule has 1 aliphatic rings. The Morgan fingerprint density at radius 2 is 2.18 bits per heavy atom. The number of aromatic nitrogens is 2. The van der Waals surface area contributed by atoms with Gasteiger partial charge in [0.2, 0.25) is 0 Å². The van der Waals surface area contributed by atoms with Crippen LogP contribution in [0.3, 0.4) is 0 Å². The lowest BCUT2D eigenvalue weighted by Gasteiger charge is -2.15. The van der Waals surface area contributed by atoms with Gasteiger partial charge in [-0.15, -0.1) is 0 Å². The van der Waals surface area contributed by atoms with Crippen LogP contribution in [0.1, 0.15) is 37.9 Å². The number of aliphatic hydroxyl groups excluding tert-OH is 1. The van der Waals surface area contributed by atoms with Gasteiger partial charge >= 0.3 is 0 Å². The number of nitrogens with one attached hydrogen (secondary N) is 2. The molecule has 1 fully saturated rings. The highest BCUT2D eigenvalue weighted by atomic mass is 16.3. The van der Waals surface area contributed by atoms with Crippen LogP contribution in [0, 0.1) is 0 Å². The number of hydrogen-bond donors (Lipinski definition) is 4. The molecule has 0 saturated heterocycles. The number of nitrogens with two attached hydrogens (primary N) is 1. The number of rotatable bonds is 6. The van der Waals surface area contributed by atoms with Crippen molar-refractivity contribution in [2.75, 3.05) is 17.3 Å². The van der Waals surface area contributed by atoms with Crippen molar-refractivity contribution < 1.29 is 5.11 Å². The maximum absolute atomic E-state index is 9.16. The molecule has 1 saturated carbocycles. The van der Waals surface area contributed by atoms with E-state index in [-0.39, 0.29) is 12.6 Å². The van der Waals surface area contributed by atoms with E-state index in [1.165, 1.54) is 0 Å². The van der Waals surface area contributed by atoms with Crippen molar-refractivity contribution in [2.45, 2.75) is 38.1 Å². The fourth-order valence-corrected chi connectivity index (χ4v) is 1.62. The summed E-state index contributed by atoms with van der Waals surface area (Å²) in [6.07, 6.45) is 3.12. The molecular weight excluding hydrogens is 218 g/mol. The molecule has 17 heavy (non-hydrogen) atoms. The highest BCUT2D eigenvalue weighted by molar-refractivity contribution is 5.48. The molecule has 6 heteroatoms. The number of hydrogen-bond acceptors (Lipinski definition) is 6. The second-order valence-corrected chi connectivity index (χ2v) is 4.35. The van der Waals surface area contributed by atoms with Gasteiger partial charge < -0.3 is 15.8 Å². The van der Waals surface area contributed by atoms with E-state index in [0.717, 1.165) is 30.9 Å². The Morgan fingerprint density at radius 1 is 1.47 bits per heavy atom. The monoisotopic (exact) mass is 237 g/mol. The first-order chi connectivity index (χ1) is 8.26. The first-order valence-corrected chi connectivity index (χ1v) is 5.99. The molecular formula is C11H19N5O. The summed E-state index contributed by atoms with van der Waals surface area (Å²) < 4.78 is 0. The second kappa shape index (κ2) is 5.29. The van der Waals surface area contributed by atoms with Crippen molar-refractivity contribution in [1.29, 1.82) is 0 Å². The van der Waals surface area contributed by atoms with E-state index in [4.69, 9.17) is 10.9 Å². The lowest BCUT2D eigenvalue weighted by atomic mass is 10.2. The van der Waals surface area contributed by atoms with Crippen molar-refractivity contribution in [3.05, 3.63) is 11.9 Å². The molecule has 0 aromatic carbocycles. The molecule has 1 aromatic rings. The van der Waals surface area contributed by atoms with Gasteiger partial charge in [-0.25, -0.2) is 15.8 Å². The molecule has 1 aliphatic carbocycles. The van der Waals surface area contributed by atoms with Crippen LogP contribution in [0.5, 0.6) is 0 Å². The third-order valence-electron chi connectivity index (χ3n) is 2.90. The zero-order chi connectivity index (χ0) is 12.3. The largest absolute Gasteiger partial charge is 0.394 e. The number of nitrogens with zero attached hydrogens (tertiary/aromatic N) is 2. The van der Waals surface area contributed by atoms with Crippen molar-refractivity contribution >= 4 is 11.6 Å². The molecule has 0 radical (unpaired) electrons. The summed E-state index contributed by atoms with van der Waals surface area (Å²) in [5.74, 6) is 8.01. The van der Waals surface area contributed by atoms with E-state index >= 15 is 0 Å². The average Bonchev–Trinajstić information content (AvgIpc) is 3.19. The van der Waals surface area contributed by atoms with Gasteiger partial charge in [-0.05, 0) is 19.3 Å². The number of nitrogen functional groups attached to an aromatic ring is 1. The average molecular weight is 237 g/mol. The van der Waals surface area contributed by atoms with E-state index < -0.39 is 0 Å². The summed E-state index contributed by atoms with van der Waals surface area (Å²) in [6, 6.07) is 1.77. The van der Waals surface area contributed by atoms with Crippen molar-refractivity contribution in [3.63, 3.8) is 0 Å². The van der Waals surface area contributed by atoms with Crippen LogP contribution in [0.25, 0.3) is 0 Å². The molecule has 94 valence electrons. The third kappa shape index (κ3) is 3.04. The fraction of sp³-hybridized carbons (Fsp3) is 0.636. The van der Waals surface area contributed by atoms with E-state index in [0.29, 0.717) is 11.7 Å². The number of hydrazine groups is 1. The predicted octanol–water partition coefficient (Wildman–Crippen LogP) is 0.822. The van der Waals surface area contributed by atoms with Crippen molar-refractivity contribution in [3.8, 4) is 0 Å².